The van der Waals surface area contributed by atoms with E-state index < -0.39 is 0 Å². The van der Waals surface area contributed by atoms with Crippen LogP contribution in [0.15, 0.2) is 0 Å². The molecule has 1 unspecified atom stereocenters. The average Bonchev–Trinajstić information content (AvgIpc) is 2.63. The molecule has 0 spiro atoms. The molecule has 0 saturated carbocycles. The van der Waals surface area contributed by atoms with Gasteiger partial charge >= 0.3 is 0 Å². The second-order valence-electron chi connectivity index (χ2n) is 7.04. The Bertz CT molecular complexity index is 340. The van der Waals surface area contributed by atoms with Gasteiger partial charge in [0.05, 0.1) is 0 Å². The average molecular weight is 319 g/mol. The highest BCUT2D eigenvalue weighted by molar-refractivity contribution is 6.34. The van der Waals surface area contributed by atoms with E-state index in [1.807, 2.05) is 19.2 Å². The van der Waals surface area contributed by atoms with Crippen molar-refractivity contribution in [2.75, 3.05) is 65.4 Å². The van der Waals surface area contributed by atoms with E-state index in [9.17, 15) is 0 Å². The molecule has 2 saturated heterocycles. The lowest BCUT2D eigenvalue weighted by Gasteiger charge is -2.32. The van der Waals surface area contributed by atoms with Gasteiger partial charge in [0, 0.05) is 0 Å². The summed E-state index contributed by atoms with van der Waals surface area (Å²) in [4.78, 5) is 9.92. The fourth-order valence-corrected chi connectivity index (χ4v) is 3.23. The van der Waals surface area contributed by atoms with E-state index in [0.29, 0.717) is 5.82 Å². The molecule has 0 amide bonds. The maximum atomic E-state index is 6.17. The molecule has 0 aliphatic carbocycles. The van der Waals surface area contributed by atoms with Crippen molar-refractivity contribution in [2.45, 2.75) is 25.1 Å². The lowest BCUT2D eigenvalue weighted by atomic mass is 9.70. The predicted molar refractivity (Wildman–Crippen MR) is 104 cm³/mol. The third-order valence-electron chi connectivity index (χ3n) is 4.84. The van der Waals surface area contributed by atoms with Crippen molar-refractivity contribution in [3.05, 3.63) is 0 Å². The highest BCUT2D eigenvalue weighted by Gasteiger charge is 2.21. The van der Waals surface area contributed by atoms with Crippen LogP contribution in [0.5, 0.6) is 0 Å². The Morgan fingerprint density at radius 1 is 0.583 bits per heavy atom. The Morgan fingerprint density at radius 2 is 1.08 bits per heavy atom. The van der Waals surface area contributed by atoms with Crippen LogP contribution in [0.3, 0.4) is 0 Å². The van der Waals surface area contributed by atoms with Crippen LogP contribution < -0.4 is 0 Å². The number of hydrogen-bond acceptors (Lipinski definition) is 5. The maximum Gasteiger partial charge on any atom is 0.213 e. The molecule has 10 heteroatoms. The largest absolute Gasteiger partial charge is 0.354 e. The topological polar surface area (TPSA) is 16.2 Å². The first-order valence-corrected chi connectivity index (χ1v) is 9.10. The zero-order valence-electron chi connectivity index (χ0n) is 14.9. The number of hydrogen-bond donors (Lipinski definition) is 0. The van der Waals surface area contributed by atoms with E-state index in [1.165, 1.54) is 0 Å². The lowest BCUT2D eigenvalue weighted by Crippen LogP contribution is -2.42. The molecule has 0 bridgehead atoms. The van der Waals surface area contributed by atoms with Gasteiger partial charge in [-0.1, -0.05) is 0 Å². The first-order valence-electron chi connectivity index (χ1n) is 9.10. The lowest BCUT2D eigenvalue weighted by molar-refractivity contribution is 0.336. The predicted octanol–water partition coefficient (Wildman–Crippen LogP) is -1.56. The van der Waals surface area contributed by atoms with Crippen LogP contribution in [0, 0.1) is 0 Å². The van der Waals surface area contributed by atoms with Gasteiger partial charge in [-0.05, 0) is 90.5 Å². The monoisotopic (exact) mass is 320 g/mol. The molecule has 123 valence electrons. The van der Waals surface area contributed by atoms with E-state index in [2.05, 4.69) is 12.2 Å². The SMILES string of the molecule is [B]N1CCCCN([B])CC([B]N2CCN([B])CCN([B])CC2)CC1. The molecule has 24 heavy (non-hydrogen) atoms. The zero-order valence-corrected chi connectivity index (χ0v) is 14.9. The summed E-state index contributed by atoms with van der Waals surface area (Å²) in [5, 5.41) is 0. The molecule has 0 aromatic carbocycles. The number of nitrogens with zero attached hydrogens (tertiary/aromatic N) is 5. The molecule has 0 aromatic rings. The van der Waals surface area contributed by atoms with Crippen LogP contribution in [0.25, 0.3) is 0 Å². The quantitative estimate of drug-likeness (QED) is 0.571. The second kappa shape index (κ2) is 11.0. The van der Waals surface area contributed by atoms with Crippen LogP contribution in [-0.4, -0.2) is 129 Å². The van der Waals surface area contributed by atoms with Crippen LogP contribution in [0.4, 0.5) is 0 Å². The Kier molecular flexibility index (Phi) is 9.34. The van der Waals surface area contributed by atoms with E-state index in [0.717, 1.165) is 84.7 Å². The standard InChI is InChI=1S/C14H27B5N5/c15-20-4-1-2-5-23(18)13-14(3-6-20)19-24-11-9-21(16)7-8-22(17)10-12-24/h14H,1-13H2. The van der Waals surface area contributed by atoms with E-state index >= 15 is 0 Å². The first kappa shape index (κ1) is 20.4. The van der Waals surface area contributed by atoms with Gasteiger partial charge in [0.2, 0.25) is 7.41 Å². The minimum atomic E-state index is 0.386. The Morgan fingerprint density at radius 3 is 1.71 bits per heavy atom. The van der Waals surface area contributed by atoms with E-state index in [4.69, 9.17) is 31.9 Å². The Labute approximate surface area is 154 Å². The van der Waals surface area contributed by atoms with Gasteiger partial charge in [0.15, 0.2) is 31.9 Å². The third kappa shape index (κ3) is 8.00. The van der Waals surface area contributed by atoms with Gasteiger partial charge in [-0.2, -0.15) is 0 Å². The molecule has 2 rings (SSSR count). The van der Waals surface area contributed by atoms with Gasteiger partial charge in [-0.15, -0.1) is 0 Å². The minimum Gasteiger partial charge on any atom is -0.354 e. The molecule has 0 N–H and O–H groups in total. The summed E-state index contributed by atoms with van der Waals surface area (Å²) in [5.41, 5.74) is 0. The van der Waals surface area contributed by atoms with Crippen molar-refractivity contribution in [1.29, 1.82) is 0 Å². The highest BCUT2D eigenvalue weighted by Crippen LogP contribution is 2.16. The summed E-state index contributed by atoms with van der Waals surface area (Å²) in [6.07, 6.45) is 3.20. The van der Waals surface area contributed by atoms with Gasteiger partial charge in [-0.25, -0.2) is 0 Å². The smallest absolute Gasteiger partial charge is 0.213 e. The molecule has 1 atom stereocenters. The highest BCUT2D eigenvalue weighted by atomic mass is 15.2. The van der Waals surface area contributed by atoms with Crippen LogP contribution in [0.2, 0.25) is 5.82 Å². The second-order valence-corrected chi connectivity index (χ2v) is 7.04. The molecule has 9 radical (unpaired) electrons. The van der Waals surface area contributed by atoms with Gasteiger partial charge < -0.3 is 24.1 Å². The normalized spacial score (nSPS) is 29.4. The third-order valence-corrected chi connectivity index (χ3v) is 4.84. The van der Waals surface area contributed by atoms with Crippen molar-refractivity contribution < 1.29 is 0 Å². The Balaban J connectivity index is 1.90. The molecule has 5 nitrogen and oxygen atoms in total. The van der Waals surface area contributed by atoms with E-state index in [1.54, 1.807) is 0 Å². The van der Waals surface area contributed by atoms with Gasteiger partial charge in [-0.3, -0.25) is 0 Å². The maximum absolute atomic E-state index is 6.17. The first-order chi connectivity index (χ1) is 11.5. The fraction of sp³-hybridized carbons (Fsp3) is 1.00. The van der Waals surface area contributed by atoms with Gasteiger partial charge in [0.25, 0.3) is 0 Å². The molecule has 2 heterocycles. The summed E-state index contributed by atoms with van der Waals surface area (Å²) in [6, 6.07) is 0. The van der Waals surface area contributed by atoms with Crippen LogP contribution in [0.1, 0.15) is 19.3 Å². The number of rotatable bonds is 2. The van der Waals surface area contributed by atoms with Crippen molar-refractivity contribution in [1.82, 2.24) is 24.1 Å². The zero-order chi connectivity index (χ0) is 17.4. The van der Waals surface area contributed by atoms with Crippen molar-refractivity contribution >= 4 is 39.3 Å². The summed E-state index contributed by atoms with van der Waals surface area (Å²) in [6.45, 7) is 8.73. The van der Waals surface area contributed by atoms with Crippen molar-refractivity contribution in [3.8, 4) is 0 Å². The fourth-order valence-electron chi connectivity index (χ4n) is 3.23. The summed E-state index contributed by atoms with van der Waals surface area (Å²) in [5.74, 6) is 0.386. The van der Waals surface area contributed by atoms with Crippen molar-refractivity contribution in [2.24, 2.45) is 0 Å². The molecule has 2 aliphatic rings. The summed E-state index contributed by atoms with van der Waals surface area (Å²) < 4.78 is 0. The molecule has 2 fully saturated rings. The molecule has 0 aromatic heterocycles. The van der Waals surface area contributed by atoms with Crippen LogP contribution >= 0.6 is 0 Å². The molecular formula is C14H27B5N5. The molecule has 2 aliphatic heterocycles. The minimum absolute atomic E-state index is 0.386. The van der Waals surface area contributed by atoms with Crippen LogP contribution in [-0.2, 0) is 0 Å². The van der Waals surface area contributed by atoms with E-state index in [-0.39, 0.29) is 0 Å². The summed E-state index contributed by atoms with van der Waals surface area (Å²) in [7, 11) is 26.6. The molecular weight excluding hydrogens is 292 g/mol. The Hall–Kier alpha value is 0.125. The summed E-state index contributed by atoms with van der Waals surface area (Å²) >= 11 is 0. The van der Waals surface area contributed by atoms with Crippen molar-refractivity contribution in [3.63, 3.8) is 0 Å². The van der Waals surface area contributed by atoms with Gasteiger partial charge in [0.1, 0.15) is 0 Å².